The zero-order valence-corrected chi connectivity index (χ0v) is 12.8. The van der Waals surface area contributed by atoms with Gasteiger partial charge in [0.25, 0.3) is 0 Å². The molecule has 0 aromatic heterocycles. The maximum absolute atomic E-state index is 13.4. The Morgan fingerprint density at radius 1 is 1.48 bits per heavy atom. The number of carbonyl (C=O) groups is 1. The molecule has 1 aromatic rings. The Kier molecular flexibility index (Phi) is 4.99. The molecule has 0 saturated heterocycles. The molecule has 21 heavy (non-hydrogen) atoms. The first-order chi connectivity index (χ1) is 9.99. The van der Waals surface area contributed by atoms with Crippen molar-refractivity contribution in [2.24, 2.45) is 11.8 Å². The minimum Gasteiger partial charge on any atom is -0.465 e. The van der Waals surface area contributed by atoms with Crippen LogP contribution in [0.4, 0.5) is 10.1 Å². The second-order valence-corrected chi connectivity index (χ2v) is 5.86. The van der Waals surface area contributed by atoms with Crippen molar-refractivity contribution in [2.45, 2.75) is 26.7 Å². The van der Waals surface area contributed by atoms with E-state index >= 15 is 0 Å². The van der Waals surface area contributed by atoms with Crippen LogP contribution in [0.15, 0.2) is 29.8 Å². The van der Waals surface area contributed by atoms with Crippen molar-refractivity contribution >= 4 is 11.7 Å². The number of benzene rings is 1. The molecule has 0 heterocycles. The van der Waals surface area contributed by atoms with Crippen LogP contribution in [0.5, 0.6) is 0 Å². The Labute approximate surface area is 125 Å². The molecule has 0 saturated carbocycles. The van der Waals surface area contributed by atoms with Crippen LogP contribution in [0.25, 0.3) is 0 Å². The van der Waals surface area contributed by atoms with Crippen molar-refractivity contribution in [3.63, 3.8) is 0 Å². The summed E-state index contributed by atoms with van der Waals surface area (Å²) >= 11 is 0. The molecule has 114 valence electrons. The third kappa shape index (κ3) is 4.06. The predicted octanol–water partition coefficient (Wildman–Crippen LogP) is 4.02. The average molecular weight is 291 g/mol. The Morgan fingerprint density at radius 2 is 2.24 bits per heavy atom. The van der Waals surface area contributed by atoms with Gasteiger partial charge in [-0.3, -0.25) is 0 Å². The molecular formula is C17H22FNO2. The summed E-state index contributed by atoms with van der Waals surface area (Å²) in [5.74, 6) is 0.251. The van der Waals surface area contributed by atoms with E-state index in [4.69, 9.17) is 4.74 Å². The first-order valence-electron chi connectivity index (χ1n) is 7.28. The van der Waals surface area contributed by atoms with Gasteiger partial charge in [0.1, 0.15) is 5.82 Å². The van der Waals surface area contributed by atoms with Gasteiger partial charge < -0.3 is 10.1 Å². The smallest absolute Gasteiger partial charge is 0.339 e. The lowest BCUT2D eigenvalue weighted by Crippen LogP contribution is -2.21. The van der Waals surface area contributed by atoms with Gasteiger partial charge >= 0.3 is 5.97 Å². The Bertz CT molecular complexity index is 554. The van der Waals surface area contributed by atoms with Crippen molar-refractivity contribution in [3.8, 4) is 0 Å². The van der Waals surface area contributed by atoms with E-state index in [0.717, 1.165) is 19.4 Å². The van der Waals surface area contributed by atoms with Crippen LogP contribution in [0, 0.1) is 17.7 Å². The van der Waals surface area contributed by atoms with E-state index in [1.807, 2.05) is 0 Å². The van der Waals surface area contributed by atoms with Gasteiger partial charge in [0, 0.05) is 6.54 Å². The number of rotatable bonds is 4. The zero-order chi connectivity index (χ0) is 15.4. The lowest BCUT2D eigenvalue weighted by molar-refractivity contribution is 0.0601. The van der Waals surface area contributed by atoms with E-state index in [1.54, 1.807) is 0 Å². The molecule has 0 aliphatic heterocycles. The first-order valence-corrected chi connectivity index (χ1v) is 7.28. The van der Waals surface area contributed by atoms with E-state index < -0.39 is 5.97 Å². The third-order valence-electron chi connectivity index (χ3n) is 3.85. The van der Waals surface area contributed by atoms with E-state index in [9.17, 15) is 9.18 Å². The number of esters is 1. The van der Waals surface area contributed by atoms with Crippen LogP contribution in [0.2, 0.25) is 0 Å². The largest absolute Gasteiger partial charge is 0.465 e. The van der Waals surface area contributed by atoms with Gasteiger partial charge in [-0.1, -0.05) is 18.6 Å². The van der Waals surface area contributed by atoms with Crippen LogP contribution < -0.4 is 5.32 Å². The molecule has 1 aromatic carbocycles. The highest BCUT2D eigenvalue weighted by Gasteiger charge is 2.19. The number of allylic oxidation sites excluding steroid dienone is 2. The highest BCUT2D eigenvalue weighted by molar-refractivity contribution is 5.95. The summed E-state index contributed by atoms with van der Waals surface area (Å²) < 4.78 is 18.1. The van der Waals surface area contributed by atoms with Crippen molar-refractivity contribution in [3.05, 3.63) is 41.2 Å². The van der Waals surface area contributed by atoms with Crippen LogP contribution in [-0.4, -0.2) is 19.6 Å². The van der Waals surface area contributed by atoms with Crippen LogP contribution in [0.1, 0.15) is 37.0 Å². The SMILES string of the molecule is COC(=O)c1ccc(F)cc1NCC1CC(C)=CC(C)C1. The van der Waals surface area contributed by atoms with Gasteiger partial charge in [0.2, 0.25) is 0 Å². The number of halogens is 1. The normalized spacial score (nSPS) is 21.6. The first kappa shape index (κ1) is 15.5. The molecule has 0 bridgehead atoms. The molecule has 2 rings (SSSR count). The highest BCUT2D eigenvalue weighted by Crippen LogP contribution is 2.28. The minimum atomic E-state index is -0.453. The van der Waals surface area contributed by atoms with E-state index in [2.05, 4.69) is 25.2 Å². The van der Waals surface area contributed by atoms with Gasteiger partial charge in [-0.25, -0.2) is 9.18 Å². The number of anilines is 1. The predicted molar refractivity (Wildman–Crippen MR) is 81.9 cm³/mol. The Morgan fingerprint density at radius 3 is 2.90 bits per heavy atom. The fourth-order valence-corrected chi connectivity index (χ4v) is 3.05. The van der Waals surface area contributed by atoms with Gasteiger partial charge in [0.15, 0.2) is 0 Å². The van der Waals surface area contributed by atoms with Gasteiger partial charge in [-0.15, -0.1) is 0 Å². The topological polar surface area (TPSA) is 38.3 Å². The van der Waals surface area contributed by atoms with Crippen molar-refractivity contribution < 1.29 is 13.9 Å². The van der Waals surface area contributed by atoms with Crippen LogP contribution in [-0.2, 0) is 4.74 Å². The number of carbonyl (C=O) groups excluding carboxylic acids is 1. The van der Waals surface area contributed by atoms with Crippen molar-refractivity contribution in [1.29, 1.82) is 0 Å². The quantitative estimate of drug-likeness (QED) is 0.672. The van der Waals surface area contributed by atoms with Crippen LogP contribution in [0.3, 0.4) is 0 Å². The molecule has 3 nitrogen and oxygen atoms in total. The number of hydrogen-bond acceptors (Lipinski definition) is 3. The fraction of sp³-hybridized carbons (Fsp3) is 0.471. The van der Waals surface area contributed by atoms with Crippen molar-refractivity contribution in [1.82, 2.24) is 0 Å². The summed E-state index contributed by atoms with van der Waals surface area (Å²) in [5.41, 5.74) is 2.27. The Balaban J connectivity index is 2.07. The second kappa shape index (κ2) is 6.74. The molecule has 1 aliphatic carbocycles. The van der Waals surface area contributed by atoms with Gasteiger partial charge in [-0.05, 0) is 49.8 Å². The summed E-state index contributed by atoms with van der Waals surface area (Å²) in [7, 11) is 1.33. The fourth-order valence-electron chi connectivity index (χ4n) is 3.05. The number of nitrogens with one attached hydrogen (secondary N) is 1. The Hall–Kier alpha value is -1.84. The summed E-state index contributed by atoms with van der Waals surface area (Å²) in [6.45, 7) is 5.07. The second-order valence-electron chi connectivity index (χ2n) is 5.86. The molecule has 2 atom stereocenters. The van der Waals surface area contributed by atoms with Crippen molar-refractivity contribution in [2.75, 3.05) is 19.0 Å². The molecule has 0 fully saturated rings. The number of hydrogen-bond donors (Lipinski definition) is 1. The standard InChI is InChI=1S/C17H22FNO2/c1-11-6-12(2)8-13(7-11)10-19-16-9-14(18)4-5-15(16)17(20)21-3/h4-6,9,11,13,19H,7-8,10H2,1-3H3. The molecular weight excluding hydrogens is 269 g/mol. The molecule has 2 unspecified atom stereocenters. The molecule has 1 aliphatic rings. The number of ether oxygens (including phenoxy) is 1. The molecule has 0 amide bonds. The summed E-state index contributed by atoms with van der Waals surface area (Å²) in [6, 6.07) is 4.08. The summed E-state index contributed by atoms with van der Waals surface area (Å²) in [6.07, 6.45) is 4.45. The van der Waals surface area contributed by atoms with E-state index in [0.29, 0.717) is 23.1 Å². The highest BCUT2D eigenvalue weighted by atomic mass is 19.1. The van der Waals surface area contributed by atoms with E-state index in [-0.39, 0.29) is 5.82 Å². The molecule has 4 heteroatoms. The average Bonchev–Trinajstić information content (AvgIpc) is 2.43. The minimum absolute atomic E-state index is 0.363. The lowest BCUT2D eigenvalue weighted by atomic mass is 9.83. The zero-order valence-electron chi connectivity index (χ0n) is 12.8. The van der Waals surface area contributed by atoms with Gasteiger partial charge in [-0.2, -0.15) is 0 Å². The molecule has 0 radical (unpaired) electrons. The maximum atomic E-state index is 13.4. The monoisotopic (exact) mass is 291 g/mol. The maximum Gasteiger partial charge on any atom is 0.339 e. The lowest BCUT2D eigenvalue weighted by Gasteiger charge is -2.26. The third-order valence-corrected chi connectivity index (χ3v) is 3.85. The van der Waals surface area contributed by atoms with Gasteiger partial charge in [0.05, 0.1) is 18.4 Å². The van der Waals surface area contributed by atoms with E-state index in [1.165, 1.54) is 30.9 Å². The van der Waals surface area contributed by atoms with Crippen LogP contribution >= 0.6 is 0 Å². The summed E-state index contributed by atoms with van der Waals surface area (Å²) in [4.78, 5) is 11.7. The number of methoxy groups -OCH3 is 1. The molecule has 1 N–H and O–H groups in total. The molecule has 0 spiro atoms. The summed E-state index contributed by atoms with van der Waals surface area (Å²) in [5, 5.41) is 3.21.